The minimum atomic E-state index is -0.524. The molecule has 3 aromatic rings. The van der Waals surface area contributed by atoms with E-state index in [1.165, 1.54) is 11.1 Å². The normalized spacial score (nSPS) is 22.6. The number of hydrogen-bond acceptors (Lipinski definition) is 7. The predicted molar refractivity (Wildman–Crippen MR) is 175 cm³/mol. The Labute approximate surface area is 264 Å². The third kappa shape index (κ3) is 6.43. The number of aryl methyl sites for hydroxylation is 1. The number of aromatic amines is 1. The van der Waals surface area contributed by atoms with Gasteiger partial charge in [0.05, 0.1) is 30.7 Å². The molecule has 1 aliphatic carbocycles. The second kappa shape index (κ2) is 12.8. The molecule has 2 saturated heterocycles. The summed E-state index contributed by atoms with van der Waals surface area (Å²) in [6, 6.07) is 10.2. The highest BCUT2D eigenvalue weighted by Gasteiger charge is 2.45. The van der Waals surface area contributed by atoms with E-state index in [1.807, 2.05) is 36.1 Å². The number of fused-ring (bicyclic) bond motifs is 1. The molecule has 9 nitrogen and oxygen atoms in total. The molecule has 0 saturated carbocycles. The van der Waals surface area contributed by atoms with Gasteiger partial charge in [0.25, 0.3) is 0 Å². The summed E-state index contributed by atoms with van der Waals surface area (Å²) in [5.41, 5.74) is 6.87. The van der Waals surface area contributed by atoms with E-state index in [9.17, 15) is 9.59 Å². The number of nitrogens with zero attached hydrogens (tertiary/aromatic N) is 5. The number of likely N-dealkylation sites (tertiary alicyclic amines) is 1. The maximum Gasteiger partial charge on any atom is 0.237 e. The van der Waals surface area contributed by atoms with Crippen LogP contribution in [0, 0.1) is 12.3 Å². The van der Waals surface area contributed by atoms with Crippen molar-refractivity contribution in [1.82, 2.24) is 29.9 Å². The fraction of sp³-hybridized carbons (Fsp3) is 0.444. The highest BCUT2D eigenvalue weighted by molar-refractivity contribution is 5.95. The minimum absolute atomic E-state index is 0.153. The van der Waals surface area contributed by atoms with E-state index in [0.717, 1.165) is 78.9 Å². The molecule has 1 N–H and O–H groups in total. The highest BCUT2D eigenvalue weighted by Crippen LogP contribution is 2.35. The lowest BCUT2D eigenvalue weighted by Gasteiger charge is -2.36. The van der Waals surface area contributed by atoms with Crippen molar-refractivity contribution in [2.24, 2.45) is 5.41 Å². The Morgan fingerprint density at radius 1 is 1.04 bits per heavy atom. The molecule has 0 bridgehead atoms. The maximum absolute atomic E-state index is 14.3. The molecule has 2 fully saturated rings. The fourth-order valence-electron chi connectivity index (χ4n) is 7.33. The van der Waals surface area contributed by atoms with Gasteiger partial charge in [-0.1, -0.05) is 30.4 Å². The number of ketones is 1. The second-order valence-corrected chi connectivity index (χ2v) is 13.0. The van der Waals surface area contributed by atoms with Gasteiger partial charge in [-0.25, -0.2) is 0 Å². The zero-order valence-corrected chi connectivity index (χ0v) is 26.1. The number of carbonyl (C=O) groups excluding carboxylic acids is 2. The quantitative estimate of drug-likeness (QED) is 0.392. The molecule has 2 aromatic heterocycles. The van der Waals surface area contributed by atoms with Gasteiger partial charge >= 0.3 is 0 Å². The van der Waals surface area contributed by atoms with Gasteiger partial charge in [-0.15, -0.1) is 0 Å². The van der Waals surface area contributed by atoms with Crippen molar-refractivity contribution in [1.29, 1.82) is 0 Å². The first kappa shape index (κ1) is 29.8. The fourth-order valence-corrected chi connectivity index (χ4v) is 7.33. The first-order valence-electron chi connectivity index (χ1n) is 16.3. The average molecular weight is 607 g/mol. The largest absolute Gasteiger partial charge is 0.379 e. The summed E-state index contributed by atoms with van der Waals surface area (Å²) < 4.78 is 5.61. The molecular formula is C36H42N6O3. The molecule has 1 unspecified atom stereocenters. The van der Waals surface area contributed by atoms with Crippen LogP contribution in [0.3, 0.4) is 0 Å². The number of hydrogen-bond donors (Lipinski definition) is 1. The summed E-state index contributed by atoms with van der Waals surface area (Å²) in [5.74, 6) is 0.400. The number of aromatic nitrogens is 3. The number of allylic oxidation sites excluding steroid dienone is 4. The number of Topliss-reactive ketones (excluding diaryl/α,β-unsaturated/α-hetero) is 1. The molecule has 0 radical (unpaired) electrons. The van der Waals surface area contributed by atoms with Crippen LogP contribution in [0.5, 0.6) is 0 Å². The molecule has 9 heteroatoms. The van der Waals surface area contributed by atoms with Gasteiger partial charge in [0.1, 0.15) is 11.5 Å². The van der Waals surface area contributed by atoms with E-state index in [-0.39, 0.29) is 11.7 Å². The van der Waals surface area contributed by atoms with Gasteiger partial charge in [-0.2, -0.15) is 5.10 Å². The Morgan fingerprint density at radius 3 is 2.71 bits per heavy atom. The van der Waals surface area contributed by atoms with E-state index in [1.54, 1.807) is 6.20 Å². The van der Waals surface area contributed by atoms with E-state index >= 15 is 0 Å². The summed E-state index contributed by atoms with van der Waals surface area (Å²) in [6.45, 7) is 8.85. The minimum Gasteiger partial charge on any atom is -0.379 e. The number of ether oxygens (including phenoxy) is 1. The Bertz CT molecular complexity index is 1680. The van der Waals surface area contributed by atoms with Crippen molar-refractivity contribution in [3.05, 3.63) is 83.2 Å². The lowest BCUT2D eigenvalue weighted by Crippen LogP contribution is -2.49. The van der Waals surface area contributed by atoms with Crippen LogP contribution in [0.2, 0.25) is 0 Å². The molecule has 1 aromatic carbocycles. The summed E-state index contributed by atoms with van der Waals surface area (Å²) in [6.07, 6.45) is 13.6. The van der Waals surface area contributed by atoms with Crippen LogP contribution in [-0.4, -0.2) is 107 Å². The molecule has 4 aliphatic rings. The number of H-pyrrole nitrogens is 1. The topological polar surface area (TPSA) is 94.7 Å². The number of amides is 1. The predicted octanol–water partition coefficient (Wildman–Crippen LogP) is 4.11. The van der Waals surface area contributed by atoms with Crippen molar-refractivity contribution in [2.45, 2.75) is 32.6 Å². The first-order valence-corrected chi connectivity index (χ1v) is 16.3. The van der Waals surface area contributed by atoms with Crippen LogP contribution in [-0.2, 0) is 20.7 Å². The maximum atomic E-state index is 14.3. The van der Waals surface area contributed by atoms with Gasteiger partial charge < -0.3 is 9.64 Å². The van der Waals surface area contributed by atoms with Gasteiger partial charge in [-0.3, -0.25) is 29.5 Å². The Hall–Kier alpha value is -3.92. The van der Waals surface area contributed by atoms with Gasteiger partial charge in [0.2, 0.25) is 5.91 Å². The molecule has 45 heavy (non-hydrogen) atoms. The molecule has 234 valence electrons. The van der Waals surface area contributed by atoms with Gasteiger partial charge in [0.15, 0.2) is 0 Å². The van der Waals surface area contributed by atoms with E-state index < -0.39 is 5.41 Å². The van der Waals surface area contributed by atoms with Gasteiger partial charge in [0, 0.05) is 68.5 Å². The van der Waals surface area contributed by atoms with Crippen LogP contribution >= 0.6 is 0 Å². The Kier molecular flexibility index (Phi) is 8.49. The molecule has 3 aliphatic heterocycles. The monoisotopic (exact) mass is 606 g/mol. The summed E-state index contributed by atoms with van der Waals surface area (Å²) in [4.78, 5) is 38.6. The van der Waals surface area contributed by atoms with Crippen molar-refractivity contribution in [2.75, 3.05) is 65.6 Å². The third-order valence-corrected chi connectivity index (χ3v) is 9.88. The third-order valence-electron chi connectivity index (χ3n) is 9.88. The van der Waals surface area contributed by atoms with Crippen LogP contribution in [0.4, 0.5) is 0 Å². The standard InChI is InChI=1S/C36H42N6O3/c1-26-20-30(8-12-37-26)35-31-21-27(6-7-32(31)38-39-35)22-33(43)36(24-40-16-18-45-19-17-40)11-15-41(25-36)23-34(44)42-13-9-29(10-14-42)28-4-2-3-5-28/h2,4-9,12,20-21H,3,10-11,13-19,22-25H2,1H3,(H,38,39). The average Bonchev–Trinajstić information content (AvgIpc) is 3.83. The van der Waals surface area contributed by atoms with Crippen molar-refractivity contribution in [3.8, 4) is 11.3 Å². The smallest absolute Gasteiger partial charge is 0.237 e. The SMILES string of the molecule is Cc1cc(-c2n[nH]c3ccc(CC(=O)C4(CN5CCOCC5)CCN(CC(=O)N5CC=C(C6=CCC=C6)CC5)C4)cc23)ccn1. The van der Waals surface area contributed by atoms with E-state index in [2.05, 4.69) is 55.4 Å². The first-order chi connectivity index (χ1) is 22.0. The number of nitrogens with one attached hydrogen (secondary N) is 1. The van der Waals surface area contributed by atoms with Crippen LogP contribution in [0.25, 0.3) is 22.2 Å². The van der Waals surface area contributed by atoms with Crippen molar-refractivity contribution in [3.63, 3.8) is 0 Å². The van der Waals surface area contributed by atoms with Gasteiger partial charge in [-0.05, 0) is 73.7 Å². The zero-order chi connectivity index (χ0) is 30.8. The molecule has 1 atom stereocenters. The lowest BCUT2D eigenvalue weighted by atomic mass is 9.79. The number of benzene rings is 1. The zero-order valence-electron chi connectivity index (χ0n) is 26.1. The molecule has 1 amide bonds. The Morgan fingerprint density at radius 2 is 1.93 bits per heavy atom. The van der Waals surface area contributed by atoms with E-state index in [0.29, 0.717) is 45.8 Å². The highest BCUT2D eigenvalue weighted by atomic mass is 16.5. The Balaban J connectivity index is 1.06. The summed E-state index contributed by atoms with van der Waals surface area (Å²) >= 11 is 0. The number of pyridine rings is 1. The van der Waals surface area contributed by atoms with Crippen molar-refractivity contribution < 1.29 is 14.3 Å². The molecule has 5 heterocycles. The number of carbonyl (C=O) groups is 2. The van der Waals surface area contributed by atoms with Crippen molar-refractivity contribution >= 4 is 22.6 Å². The van der Waals surface area contributed by atoms with Crippen LogP contribution < -0.4 is 0 Å². The summed E-state index contributed by atoms with van der Waals surface area (Å²) in [7, 11) is 0. The second-order valence-electron chi connectivity index (χ2n) is 13.0. The molecular weight excluding hydrogens is 564 g/mol. The number of morpholine rings is 1. The molecule has 7 rings (SSSR count). The number of rotatable bonds is 9. The molecule has 0 spiro atoms. The van der Waals surface area contributed by atoms with Crippen LogP contribution in [0.15, 0.2) is 72.0 Å². The summed E-state index contributed by atoms with van der Waals surface area (Å²) in [5, 5.41) is 8.74. The van der Waals surface area contributed by atoms with E-state index in [4.69, 9.17) is 4.74 Å². The van der Waals surface area contributed by atoms with Crippen LogP contribution in [0.1, 0.15) is 30.5 Å². The lowest BCUT2D eigenvalue weighted by molar-refractivity contribution is -0.133.